The first-order valence-corrected chi connectivity index (χ1v) is 14.8. The number of carbonyl (C=O) groups excluding carboxylic acids is 1. The van der Waals surface area contributed by atoms with Crippen LogP contribution in [0.25, 0.3) is 0 Å². The maximum absolute atomic E-state index is 11.1. The summed E-state index contributed by atoms with van der Waals surface area (Å²) in [6.45, 7) is 0. The average molecular weight is 498 g/mol. The number of benzene rings is 3. The van der Waals surface area contributed by atoms with E-state index in [4.69, 9.17) is 0 Å². The third-order valence-corrected chi connectivity index (χ3v) is 10.7. The van der Waals surface area contributed by atoms with E-state index in [0.29, 0.717) is 6.42 Å². The summed E-state index contributed by atoms with van der Waals surface area (Å²) in [5, 5.41) is 4.32. The first-order valence-electron chi connectivity index (χ1n) is 12.8. The van der Waals surface area contributed by atoms with Gasteiger partial charge in [0.25, 0.3) is 0 Å². The molecule has 0 bridgehead atoms. The van der Waals surface area contributed by atoms with Crippen LogP contribution in [-0.4, -0.2) is 19.2 Å². The van der Waals surface area contributed by atoms with Gasteiger partial charge in [-0.2, -0.15) is 0 Å². The molecule has 186 valence electrons. The Hall–Kier alpha value is -3.22. The molecule has 0 radical (unpaired) electrons. The summed E-state index contributed by atoms with van der Waals surface area (Å²) in [7, 11) is -0.313. The number of hydrogen-bond donors (Lipinski definition) is 0. The maximum atomic E-state index is 11.1. The van der Waals surface area contributed by atoms with Gasteiger partial charge in [-0.15, -0.1) is 0 Å². The summed E-state index contributed by atoms with van der Waals surface area (Å²) in [6, 6.07) is 33.2. The van der Waals surface area contributed by atoms with Crippen molar-refractivity contribution in [2.24, 2.45) is 0 Å². The van der Waals surface area contributed by atoms with Crippen molar-refractivity contribution in [1.29, 1.82) is 0 Å². The van der Waals surface area contributed by atoms with Crippen LogP contribution >= 0.6 is 7.26 Å². The Morgan fingerprint density at radius 2 is 1.06 bits per heavy atom. The molecule has 0 N–H and O–H groups in total. The number of rotatable bonds is 14. The van der Waals surface area contributed by atoms with Crippen LogP contribution in [0.1, 0.15) is 38.5 Å². The monoisotopic (exact) mass is 497 g/mol. The number of unbranched alkanes of at least 4 members (excludes halogenated alkanes) is 1. The first kappa shape index (κ1) is 27.4. The number of carbonyl (C=O) groups is 1. The highest BCUT2D eigenvalue weighted by Gasteiger charge is 2.44. The second kappa shape index (κ2) is 15.7. The largest absolute Gasteiger partial charge is 0.469 e. The van der Waals surface area contributed by atoms with E-state index in [1.807, 2.05) is 0 Å². The van der Waals surface area contributed by atoms with E-state index in [2.05, 4.69) is 132 Å². The summed E-state index contributed by atoms with van der Waals surface area (Å²) in [6.07, 6.45) is 19.6. The number of methoxy groups -OCH3 is 1. The van der Waals surface area contributed by atoms with Gasteiger partial charge in [0.1, 0.15) is 23.2 Å². The van der Waals surface area contributed by atoms with Crippen LogP contribution in [0, 0.1) is 0 Å². The van der Waals surface area contributed by atoms with Gasteiger partial charge >= 0.3 is 5.97 Å². The molecule has 0 aliphatic rings. The Morgan fingerprint density at radius 1 is 0.639 bits per heavy atom. The Labute approximate surface area is 217 Å². The minimum absolute atomic E-state index is 0.134. The Bertz CT molecular complexity index is 1010. The Morgan fingerprint density at radius 3 is 1.50 bits per heavy atom. The Balaban J connectivity index is 1.60. The molecule has 0 fully saturated rings. The third kappa shape index (κ3) is 8.18. The van der Waals surface area contributed by atoms with Crippen LogP contribution < -0.4 is 15.9 Å². The molecule has 0 unspecified atom stereocenters. The van der Waals surface area contributed by atoms with Crippen LogP contribution in [0.15, 0.2) is 127 Å². The molecule has 3 rings (SSSR count). The van der Waals surface area contributed by atoms with Gasteiger partial charge in [-0.1, -0.05) is 91.1 Å². The lowest BCUT2D eigenvalue weighted by molar-refractivity contribution is -0.140. The van der Waals surface area contributed by atoms with Gasteiger partial charge in [0.15, 0.2) is 0 Å². The van der Waals surface area contributed by atoms with Crippen molar-refractivity contribution in [3.05, 3.63) is 127 Å². The summed E-state index contributed by atoms with van der Waals surface area (Å²) in [5.74, 6) is -0.134. The third-order valence-electron chi connectivity index (χ3n) is 6.25. The van der Waals surface area contributed by atoms with Crippen molar-refractivity contribution in [1.82, 2.24) is 0 Å². The molecule has 0 saturated carbocycles. The van der Waals surface area contributed by atoms with E-state index in [-0.39, 0.29) is 5.97 Å². The minimum atomic E-state index is -1.75. The Kier molecular flexibility index (Phi) is 11.9. The second-order valence-corrected chi connectivity index (χ2v) is 12.3. The molecule has 0 aliphatic heterocycles. The molecule has 0 atom stereocenters. The lowest BCUT2D eigenvalue weighted by Gasteiger charge is -2.27. The molecule has 3 aromatic rings. The molecule has 3 heteroatoms. The zero-order valence-electron chi connectivity index (χ0n) is 21.3. The smallest absolute Gasteiger partial charge is 0.305 e. The number of hydrogen-bond acceptors (Lipinski definition) is 2. The van der Waals surface area contributed by atoms with Crippen molar-refractivity contribution in [2.75, 3.05) is 13.3 Å². The van der Waals surface area contributed by atoms with Crippen molar-refractivity contribution in [3.8, 4) is 0 Å². The molecule has 0 aromatic heterocycles. The van der Waals surface area contributed by atoms with Crippen molar-refractivity contribution in [2.45, 2.75) is 38.5 Å². The van der Waals surface area contributed by atoms with E-state index in [0.717, 1.165) is 38.3 Å². The summed E-state index contributed by atoms with van der Waals surface area (Å²) in [5.41, 5.74) is 0. The normalized spacial score (nSPS) is 12.0. The number of allylic oxidation sites excluding steroid dienone is 6. The zero-order valence-corrected chi connectivity index (χ0v) is 22.2. The van der Waals surface area contributed by atoms with Crippen molar-refractivity contribution in [3.63, 3.8) is 0 Å². The van der Waals surface area contributed by atoms with E-state index in [9.17, 15) is 4.79 Å². The quantitative estimate of drug-likeness (QED) is 0.102. The molecule has 0 heterocycles. The van der Waals surface area contributed by atoms with Crippen LogP contribution in [-0.2, 0) is 9.53 Å². The lowest BCUT2D eigenvalue weighted by Crippen LogP contribution is -2.33. The fourth-order valence-electron chi connectivity index (χ4n) is 4.39. The van der Waals surface area contributed by atoms with E-state index >= 15 is 0 Å². The van der Waals surface area contributed by atoms with E-state index < -0.39 is 7.26 Å². The second-order valence-electron chi connectivity index (χ2n) is 8.68. The van der Waals surface area contributed by atoms with Crippen molar-refractivity contribution >= 4 is 29.1 Å². The van der Waals surface area contributed by atoms with Gasteiger partial charge in [0.05, 0.1) is 13.3 Å². The fraction of sp³-hybridized carbons (Fsp3) is 0.242. The SMILES string of the molecule is COC(=O)CCC/C=C/C/C=C/C/C=C/CC[P+](c1ccccc1)(c1ccccc1)c1ccccc1. The molecular weight excluding hydrogens is 459 g/mol. The highest BCUT2D eigenvalue weighted by atomic mass is 31.2. The van der Waals surface area contributed by atoms with Crippen LogP contribution in [0.5, 0.6) is 0 Å². The molecular formula is C33H38O2P+. The highest BCUT2D eigenvalue weighted by molar-refractivity contribution is 7.95. The molecule has 0 spiro atoms. The maximum Gasteiger partial charge on any atom is 0.305 e. The lowest BCUT2D eigenvalue weighted by atomic mass is 10.2. The van der Waals surface area contributed by atoms with Gasteiger partial charge in [0.2, 0.25) is 0 Å². The van der Waals surface area contributed by atoms with E-state index in [1.165, 1.54) is 23.0 Å². The molecule has 36 heavy (non-hydrogen) atoms. The standard InChI is InChI=1S/C33H38O2P/c1-35-33(34)28-20-9-7-5-3-2-4-6-8-10-21-29-36(30-22-14-11-15-23-30,31-24-16-12-17-25-31)32-26-18-13-19-27-32/h2,4-5,7-8,10-19,22-27H,3,6,9,20-21,28-29H2,1H3/q+1/b4-2+,7-5+,10-8+. The molecule has 2 nitrogen and oxygen atoms in total. The van der Waals surface area contributed by atoms with Crippen LogP contribution in [0.4, 0.5) is 0 Å². The summed E-state index contributed by atoms with van der Waals surface area (Å²) in [4.78, 5) is 11.1. The van der Waals surface area contributed by atoms with Gasteiger partial charge in [0, 0.05) is 12.8 Å². The molecule has 0 saturated heterocycles. The molecule has 0 aliphatic carbocycles. The van der Waals surface area contributed by atoms with Gasteiger partial charge in [-0.3, -0.25) is 4.79 Å². The molecule has 3 aromatic carbocycles. The van der Waals surface area contributed by atoms with Crippen LogP contribution in [0.2, 0.25) is 0 Å². The highest BCUT2D eigenvalue weighted by Crippen LogP contribution is 2.55. The van der Waals surface area contributed by atoms with E-state index in [1.54, 1.807) is 0 Å². The van der Waals surface area contributed by atoms with Gasteiger partial charge in [-0.25, -0.2) is 0 Å². The number of esters is 1. The predicted molar refractivity (Wildman–Crippen MR) is 157 cm³/mol. The summed E-state index contributed by atoms with van der Waals surface area (Å²) < 4.78 is 4.66. The first-order chi connectivity index (χ1) is 17.8. The molecule has 0 amide bonds. The van der Waals surface area contributed by atoms with Gasteiger partial charge < -0.3 is 4.74 Å². The summed E-state index contributed by atoms with van der Waals surface area (Å²) >= 11 is 0. The zero-order chi connectivity index (χ0) is 25.3. The topological polar surface area (TPSA) is 26.3 Å². The average Bonchev–Trinajstić information content (AvgIpc) is 2.94. The van der Waals surface area contributed by atoms with Crippen LogP contribution in [0.3, 0.4) is 0 Å². The van der Waals surface area contributed by atoms with Gasteiger partial charge in [-0.05, 0) is 62.1 Å². The van der Waals surface area contributed by atoms with Crippen molar-refractivity contribution < 1.29 is 9.53 Å². The predicted octanol–water partition coefficient (Wildman–Crippen LogP) is 7.16. The fourth-order valence-corrected chi connectivity index (χ4v) is 8.64. The number of ether oxygens (including phenoxy) is 1. The minimum Gasteiger partial charge on any atom is -0.469 e.